The lowest BCUT2D eigenvalue weighted by molar-refractivity contribution is 0.245. The maximum atomic E-state index is 5.34. The second kappa shape index (κ2) is 10.1. The molecule has 3 aromatic rings. The van der Waals surface area contributed by atoms with Gasteiger partial charge in [0, 0.05) is 13.6 Å². The maximum absolute atomic E-state index is 5.34. The summed E-state index contributed by atoms with van der Waals surface area (Å²) in [4.78, 5) is 11.3. The van der Waals surface area contributed by atoms with Crippen LogP contribution >= 0.6 is 0 Å². The number of aromatic nitrogens is 3. The molecule has 1 aliphatic rings. The van der Waals surface area contributed by atoms with Gasteiger partial charge in [-0.1, -0.05) is 12.1 Å². The van der Waals surface area contributed by atoms with E-state index in [1.807, 2.05) is 24.3 Å². The molecule has 1 unspecified atom stereocenters. The number of methoxy groups -OCH3 is 1. The minimum atomic E-state index is 0.266. The average molecular weight is 424 g/mol. The molecule has 3 N–H and O–H groups in total. The highest BCUT2D eigenvalue weighted by molar-refractivity contribution is 5.79. The van der Waals surface area contributed by atoms with Crippen LogP contribution in [0.15, 0.2) is 52.1 Å². The number of rotatable bonds is 8. The van der Waals surface area contributed by atoms with Crippen molar-refractivity contribution in [1.29, 1.82) is 0 Å². The Morgan fingerprint density at radius 2 is 2.03 bits per heavy atom. The summed E-state index contributed by atoms with van der Waals surface area (Å²) >= 11 is 0. The van der Waals surface area contributed by atoms with Gasteiger partial charge in [-0.05, 0) is 55.8 Å². The molecule has 9 heteroatoms. The molecular weight excluding hydrogens is 394 g/mol. The number of nitrogens with one attached hydrogen (secondary N) is 3. The van der Waals surface area contributed by atoms with E-state index in [4.69, 9.17) is 9.15 Å². The number of aliphatic imine (C=N–C) groups is 1. The fraction of sp³-hybridized carbons (Fsp3) is 0.409. The third-order valence-corrected chi connectivity index (χ3v) is 5.47. The first kappa shape index (κ1) is 20.9. The predicted octanol–water partition coefficient (Wildman–Crippen LogP) is 2.58. The van der Waals surface area contributed by atoms with Crippen molar-refractivity contribution < 1.29 is 9.15 Å². The lowest BCUT2D eigenvalue weighted by Crippen LogP contribution is -2.42. The van der Waals surface area contributed by atoms with Crippen LogP contribution < -0.4 is 15.4 Å². The molecule has 0 amide bonds. The van der Waals surface area contributed by atoms with Crippen LogP contribution in [-0.2, 0) is 6.54 Å². The SMILES string of the molecule is CN=C(NCc1nc(-c2ccco2)n[nH]1)NCC(c1ccc(OC)cc1)N1CCCC1. The van der Waals surface area contributed by atoms with Crippen molar-refractivity contribution in [1.82, 2.24) is 30.7 Å². The van der Waals surface area contributed by atoms with Crippen molar-refractivity contribution in [3.8, 4) is 17.3 Å². The molecule has 0 saturated carbocycles. The number of hydrogen-bond donors (Lipinski definition) is 3. The summed E-state index contributed by atoms with van der Waals surface area (Å²) < 4.78 is 10.6. The van der Waals surface area contributed by atoms with Crippen LogP contribution in [0.4, 0.5) is 0 Å². The van der Waals surface area contributed by atoms with E-state index in [9.17, 15) is 0 Å². The molecule has 2 aromatic heterocycles. The van der Waals surface area contributed by atoms with Gasteiger partial charge < -0.3 is 19.8 Å². The predicted molar refractivity (Wildman–Crippen MR) is 119 cm³/mol. The summed E-state index contributed by atoms with van der Waals surface area (Å²) in [6, 6.07) is 12.2. The molecule has 3 heterocycles. The highest BCUT2D eigenvalue weighted by Crippen LogP contribution is 2.26. The van der Waals surface area contributed by atoms with E-state index in [0.717, 1.165) is 25.4 Å². The number of hydrogen-bond acceptors (Lipinski definition) is 6. The van der Waals surface area contributed by atoms with Crippen LogP contribution in [-0.4, -0.2) is 59.8 Å². The van der Waals surface area contributed by atoms with E-state index in [1.54, 1.807) is 20.4 Å². The Labute approximate surface area is 181 Å². The standard InChI is InChI=1S/C22H29N7O2/c1-23-22(25-15-20-26-21(28-27-20)19-6-5-13-31-19)24-14-18(29-11-3-4-12-29)16-7-9-17(30-2)10-8-16/h5-10,13,18H,3-4,11-12,14-15H2,1-2H3,(H2,23,24,25)(H,26,27,28). The van der Waals surface area contributed by atoms with Crippen LogP contribution in [0, 0.1) is 0 Å². The van der Waals surface area contributed by atoms with Gasteiger partial charge in [0.1, 0.15) is 11.6 Å². The Morgan fingerprint density at radius 3 is 2.71 bits per heavy atom. The number of ether oxygens (including phenoxy) is 1. The Morgan fingerprint density at radius 1 is 1.23 bits per heavy atom. The molecule has 0 aliphatic carbocycles. The van der Waals surface area contributed by atoms with Gasteiger partial charge in [0.15, 0.2) is 11.7 Å². The molecule has 1 atom stereocenters. The Balaban J connectivity index is 1.36. The van der Waals surface area contributed by atoms with E-state index in [2.05, 4.69) is 47.8 Å². The van der Waals surface area contributed by atoms with Crippen LogP contribution in [0.3, 0.4) is 0 Å². The zero-order valence-corrected chi connectivity index (χ0v) is 18.0. The van der Waals surface area contributed by atoms with Crippen LogP contribution in [0.1, 0.15) is 30.3 Å². The number of guanidine groups is 1. The highest BCUT2D eigenvalue weighted by atomic mass is 16.5. The van der Waals surface area contributed by atoms with E-state index >= 15 is 0 Å². The van der Waals surface area contributed by atoms with Gasteiger partial charge in [-0.3, -0.25) is 15.0 Å². The summed E-state index contributed by atoms with van der Waals surface area (Å²) in [6.07, 6.45) is 4.08. The second-order valence-electron chi connectivity index (χ2n) is 7.42. The summed E-state index contributed by atoms with van der Waals surface area (Å²) in [7, 11) is 3.46. The highest BCUT2D eigenvalue weighted by Gasteiger charge is 2.23. The topological polar surface area (TPSA) is 104 Å². The van der Waals surface area contributed by atoms with Crippen molar-refractivity contribution in [2.45, 2.75) is 25.4 Å². The fourth-order valence-corrected chi connectivity index (χ4v) is 3.81. The van der Waals surface area contributed by atoms with E-state index in [1.165, 1.54) is 18.4 Å². The van der Waals surface area contributed by atoms with Crippen LogP contribution in [0.5, 0.6) is 5.75 Å². The average Bonchev–Trinajstić information content (AvgIpc) is 3.58. The van der Waals surface area contributed by atoms with Gasteiger partial charge in [0.25, 0.3) is 0 Å². The molecule has 0 spiro atoms. The van der Waals surface area contributed by atoms with Gasteiger partial charge in [-0.15, -0.1) is 5.10 Å². The number of benzene rings is 1. The number of nitrogens with zero attached hydrogens (tertiary/aromatic N) is 4. The smallest absolute Gasteiger partial charge is 0.216 e. The van der Waals surface area contributed by atoms with E-state index < -0.39 is 0 Å². The van der Waals surface area contributed by atoms with Crippen molar-refractivity contribution in [2.24, 2.45) is 4.99 Å². The molecule has 1 fully saturated rings. The van der Waals surface area contributed by atoms with Crippen molar-refractivity contribution in [3.63, 3.8) is 0 Å². The lowest BCUT2D eigenvalue weighted by Gasteiger charge is -2.29. The number of H-pyrrole nitrogens is 1. The number of likely N-dealkylation sites (tertiary alicyclic amines) is 1. The molecule has 1 aliphatic heterocycles. The molecule has 31 heavy (non-hydrogen) atoms. The minimum absolute atomic E-state index is 0.266. The Kier molecular flexibility index (Phi) is 6.83. The van der Waals surface area contributed by atoms with Gasteiger partial charge in [0.2, 0.25) is 5.82 Å². The van der Waals surface area contributed by atoms with Gasteiger partial charge in [0.05, 0.1) is 26.0 Å². The second-order valence-corrected chi connectivity index (χ2v) is 7.42. The first-order valence-electron chi connectivity index (χ1n) is 10.5. The van der Waals surface area contributed by atoms with Crippen LogP contribution in [0.25, 0.3) is 11.6 Å². The van der Waals surface area contributed by atoms with Crippen molar-refractivity contribution in [3.05, 3.63) is 54.0 Å². The summed E-state index contributed by atoms with van der Waals surface area (Å²) in [5.74, 6) is 3.47. The number of furan rings is 1. The normalized spacial score (nSPS) is 15.7. The molecule has 4 rings (SSSR count). The first-order chi connectivity index (χ1) is 15.3. The summed E-state index contributed by atoms with van der Waals surface area (Å²) in [5.41, 5.74) is 1.27. The third kappa shape index (κ3) is 5.24. The lowest BCUT2D eigenvalue weighted by atomic mass is 10.1. The molecule has 9 nitrogen and oxygen atoms in total. The van der Waals surface area contributed by atoms with Crippen molar-refractivity contribution in [2.75, 3.05) is 33.8 Å². The monoisotopic (exact) mass is 423 g/mol. The minimum Gasteiger partial charge on any atom is -0.497 e. The maximum Gasteiger partial charge on any atom is 0.216 e. The van der Waals surface area contributed by atoms with Gasteiger partial charge in [-0.2, -0.15) is 0 Å². The van der Waals surface area contributed by atoms with Crippen molar-refractivity contribution >= 4 is 5.96 Å². The van der Waals surface area contributed by atoms with Gasteiger partial charge >= 0.3 is 0 Å². The van der Waals surface area contributed by atoms with E-state index in [-0.39, 0.29) is 6.04 Å². The fourth-order valence-electron chi connectivity index (χ4n) is 3.81. The zero-order valence-electron chi connectivity index (χ0n) is 18.0. The zero-order chi connectivity index (χ0) is 21.5. The molecular formula is C22H29N7O2. The molecule has 0 radical (unpaired) electrons. The Hall–Kier alpha value is -3.33. The van der Waals surface area contributed by atoms with Gasteiger partial charge in [-0.25, -0.2) is 4.98 Å². The summed E-state index contributed by atoms with van der Waals surface area (Å²) in [5, 5.41) is 13.9. The molecule has 164 valence electrons. The molecule has 1 aromatic carbocycles. The first-order valence-corrected chi connectivity index (χ1v) is 10.5. The van der Waals surface area contributed by atoms with Crippen LogP contribution in [0.2, 0.25) is 0 Å². The molecule has 0 bridgehead atoms. The quantitative estimate of drug-likeness (QED) is 0.378. The molecule has 1 saturated heterocycles. The third-order valence-electron chi connectivity index (χ3n) is 5.47. The largest absolute Gasteiger partial charge is 0.497 e. The Bertz CT molecular complexity index is 960. The van der Waals surface area contributed by atoms with E-state index in [0.29, 0.717) is 29.9 Å². The summed E-state index contributed by atoms with van der Waals surface area (Å²) in [6.45, 7) is 3.44. The number of aromatic amines is 1.